The monoisotopic (exact) mass is 283 g/mol. The van der Waals surface area contributed by atoms with Crippen molar-refractivity contribution in [2.45, 2.75) is 18.9 Å². The Balaban J connectivity index is 2.10. The largest absolute Gasteiger partial charge is 0.573 e. The van der Waals surface area contributed by atoms with Gasteiger partial charge in [0.25, 0.3) is 0 Å². The van der Waals surface area contributed by atoms with Crippen molar-refractivity contribution in [3.63, 3.8) is 0 Å². The highest BCUT2D eigenvalue weighted by molar-refractivity contribution is 5.30. The van der Waals surface area contributed by atoms with Crippen molar-refractivity contribution in [2.24, 2.45) is 0 Å². The van der Waals surface area contributed by atoms with E-state index in [1.165, 1.54) is 24.3 Å². The van der Waals surface area contributed by atoms with E-state index in [4.69, 9.17) is 0 Å². The summed E-state index contributed by atoms with van der Waals surface area (Å²) in [4.78, 5) is 4.05. The summed E-state index contributed by atoms with van der Waals surface area (Å²) >= 11 is 0. The summed E-state index contributed by atoms with van der Waals surface area (Å²) in [6.07, 6.45) is -3.88. The molecule has 1 aromatic heterocycles. The molecule has 2 aromatic rings. The minimum absolute atomic E-state index is 0.219. The van der Waals surface area contributed by atoms with Gasteiger partial charge in [-0.05, 0) is 29.8 Å². The number of aliphatic hydroxyl groups excluding tert-OH is 1. The Labute approximate surface area is 113 Å². The molecule has 0 aliphatic rings. The van der Waals surface area contributed by atoms with Crippen LogP contribution >= 0.6 is 0 Å². The van der Waals surface area contributed by atoms with Crippen molar-refractivity contribution in [1.82, 2.24) is 4.98 Å². The Kier molecular flexibility index (Phi) is 4.24. The first kappa shape index (κ1) is 14.3. The molecule has 20 heavy (non-hydrogen) atoms. The topological polar surface area (TPSA) is 42.4 Å². The first-order valence-corrected chi connectivity index (χ1v) is 5.88. The number of alkyl halides is 3. The van der Waals surface area contributed by atoms with Crippen molar-refractivity contribution in [3.8, 4) is 5.75 Å². The molecule has 6 heteroatoms. The Morgan fingerprint density at radius 2 is 1.95 bits per heavy atom. The van der Waals surface area contributed by atoms with Crippen molar-refractivity contribution in [2.75, 3.05) is 0 Å². The zero-order valence-corrected chi connectivity index (χ0v) is 10.3. The van der Waals surface area contributed by atoms with Crippen LogP contribution in [0.15, 0.2) is 48.7 Å². The summed E-state index contributed by atoms with van der Waals surface area (Å²) in [6, 6.07) is 10.5. The van der Waals surface area contributed by atoms with Gasteiger partial charge in [-0.3, -0.25) is 4.98 Å². The molecule has 0 saturated carbocycles. The number of hydrogen-bond donors (Lipinski definition) is 1. The molecule has 106 valence electrons. The van der Waals surface area contributed by atoms with Gasteiger partial charge in [0.05, 0.1) is 6.10 Å². The van der Waals surface area contributed by atoms with E-state index >= 15 is 0 Å². The van der Waals surface area contributed by atoms with Crippen LogP contribution in [0.4, 0.5) is 13.2 Å². The number of hydrogen-bond acceptors (Lipinski definition) is 3. The van der Waals surface area contributed by atoms with E-state index in [2.05, 4.69) is 9.72 Å². The van der Waals surface area contributed by atoms with Crippen LogP contribution in [0.3, 0.4) is 0 Å². The maximum Gasteiger partial charge on any atom is 0.573 e. The Bertz CT molecular complexity index is 558. The Hall–Kier alpha value is -2.08. The number of ether oxygens (including phenoxy) is 1. The van der Waals surface area contributed by atoms with Gasteiger partial charge < -0.3 is 9.84 Å². The number of aromatic nitrogens is 1. The summed E-state index contributed by atoms with van der Waals surface area (Å²) in [5.74, 6) is -0.352. The number of aliphatic hydroxyl groups is 1. The van der Waals surface area contributed by atoms with Crippen LogP contribution in [0.5, 0.6) is 5.75 Å². The van der Waals surface area contributed by atoms with Crippen LogP contribution in [0, 0.1) is 0 Å². The lowest BCUT2D eigenvalue weighted by molar-refractivity contribution is -0.274. The molecular formula is C14H12F3NO2. The molecule has 3 nitrogen and oxygen atoms in total. The molecule has 0 fully saturated rings. The van der Waals surface area contributed by atoms with Gasteiger partial charge >= 0.3 is 6.36 Å². The molecule has 1 unspecified atom stereocenters. The first-order chi connectivity index (χ1) is 9.44. The second kappa shape index (κ2) is 5.92. The maximum atomic E-state index is 12.1. The van der Waals surface area contributed by atoms with E-state index in [-0.39, 0.29) is 12.2 Å². The van der Waals surface area contributed by atoms with Crippen molar-refractivity contribution in [3.05, 3.63) is 59.9 Å². The van der Waals surface area contributed by atoms with Crippen LogP contribution in [0.25, 0.3) is 0 Å². The molecule has 0 aliphatic heterocycles. The second-order valence-electron chi connectivity index (χ2n) is 4.16. The van der Waals surface area contributed by atoms with Gasteiger partial charge in [0.2, 0.25) is 0 Å². The number of halogens is 3. The van der Waals surface area contributed by atoms with Crippen LogP contribution in [-0.4, -0.2) is 16.5 Å². The van der Waals surface area contributed by atoms with E-state index in [1.54, 1.807) is 24.4 Å². The summed E-state index contributed by atoms with van der Waals surface area (Å²) in [5.41, 5.74) is 1.000. The zero-order valence-electron chi connectivity index (χ0n) is 10.3. The van der Waals surface area contributed by atoms with Crippen LogP contribution in [-0.2, 0) is 6.42 Å². The van der Waals surface area contributed by atoms with Crippen LogP contribution in [0.2, 0.25) is 0 Å². The highest BCUT2D eigenvalue weighted by Gasteiger charge is 2.31. The molecule has 0 saturated heterocycles. The fraction of sp³-hybridized carbons (Fsp3) is 0.214. The highest BCUT2D eigenvalue weighted by atomic mass is 19.4. The molecule has 1 N–H and O–H groups in total. The van der Waals surface area contributed by atoms with Gasteiger partial charge in [0.1, 0.15) is 5.75 Å². The highest BCUT2D eigenvalue weighted by Crippen LogP contribution is 2.26. The third-order valence-electron chi connectivity index (χ3n) is 2.61. The minimum atomic E-state index is -4.75. The minimum Gasteiger partial charge on any atom is -0.406 e. The lowest BCUT2D eigenvalue weighted by Crippen LogP contribution is -2.17. The second-order valence-corrected chi connectivity index (χ2v) is 4.16. The molecular weight excluding hydrogens is 271 g/mol. The van der Waals surface area contributed by atoms with Gasteiger partial charge in [-0.2, -0.15) is 0 Å². The van der Waals surface area contributed by atoms with Gasteiger partial charge in [-0.1, -0.05) is 18.2 Å². The molecule has 0 aliphatic carbocycles. The fourth-order valence-electron chi connectivity index (χ4n) is 1.75. The van der Waals surface area contributed by atoms with Gasteiger partial charge in [0, 0.05) is 18.3 Å². The predicted octanol–water partition coefficient (Wildman–Crippen LogP) is 3.26. The smallest absolute Gasteiger partial charge is 0.406 e. The average Bonchev–Trinajstić information content (AvgIpc) is 2.38. The number of benzene rings is 1. The standard InChI is InChI=1S/C14H12F3NO2/c15-14(16,17)20-12-6-3-4-10(8-12)13(19)9-11-5-1-2-7-18-11/h1-8,13,19H,9H2. The normalized spacial score (nSPS) is 13.0. The van der Waals surface area contributed by atoms with Gasteiger partial charge in [-0.15, -0.1) is 13.2 Å². The van der Waals surface area contributed by atoms with Gasteiger partial charge in [-0.25, -0.2) is 0 Å². The molecule has 0 radical (unpaired) electrons. The van der Waals surface area contributed by atoms with E-state index < -0.39 is 12.5 Å². The maximum absolute atomic E-state index is 12.1. The van der Waals surface area contributed by atoms with E-state index in [0.717, 1.165) is 0 Å². The quantitative estimate of drug-likeness (QED) is 0.936. The van der Waals surface area contributed by atoms with Crippen LogP contribution < -0.4 is 4.74 Å². The Morgan fingerprint density at radius 1 is 1.15 bits per heavy atom. The Morgan fingerprint density at radius 3 is 2.60 bits per heavy atom. The van der Waals surface area contributed by atoms with E-state index in [0.29, 0.717) is 11.3 Å². The fourth-order valence-corrected chi connectivity index (χ4v) is 1.75. The van der Waals surface area contributed by atoms with E-state index in [1.807, 2.05) is 0 Å². The third-order valence-corrected chi connectivity index (χ3v) is 2.61. The lowest BCUT2D eigenvalue weighted by Gasteiger charge is -2.13. The molecule has 0 spiro atoms. The van der Waals surface area contributed by atoms with E-state index in [9.17, 15) is 18.3 Å². The summed E-state index contributed by atoms with van der Waals surface area (Å²) in [5, 5.41) is 10.0. The average molecular weight is 283 g/mol. The SMILES string of the molecule is OC(Cc1ccccn1)c1cccc(OC(F)(F)F)c1. The molecule has 0 bridgehead atoms. The third kappa shape index (κ3) is 4.24. The summed E-state index contributed by atoms with van der Waals surface area (Å²) in [6.45, 7) is 0. The predicted molar refractivity (Wildman–Crippen MR) is 66.0 cm³/mol. The van der Waals surface area contributed by atoms with Gasteiger partial charge in [0.15, 0.2) is 0 Å². The summed E-state index contributed by atoms with van der Waals surface area (Å²) in [7, 11) is 0. The molecule has 1 aromatic carbocycles. The number of rotatable bonds is 4. The number of pyridine rings is 1. The molecule has 2 rings (SSSR count). The van der Waals surface area contributed by atoms with Crippen LogP contribution in [0.1, 0.15) is 17.4 Å². The number of nitrogens with zero attached hydrogens (tertiary/aromatic N) is 1. The summed E-state index contributed by atoms with van der Waals surface area (Å²) < 4.78 is 40.2. The zero-order chi connectivity index (χ0) is 14.6. The lowest BCUT2D eigenvalue weighted by atomic mass is 10.0. The molecule has 1 heterocycles. The first-order valence-electron chi connectivity index (χ1n) is 5.88. The van der Waals surface area contributed by atoms with Crippen molar-refractivity contribution >= 4 is 0 Å². The van der Waals surface area contributed by atoms with Crippen molar-refractivity contribution < 1.29 is 23.0 Å². The van der Waals surface area contributed by atoms with Crippen molar-refractivity contribution in [1.29, 1.82) is 0 Å². The molecule has 0 amide bonds. The molecule has 1 atom stereocenters.